The van der Waals surface area contributed by atoms with Crippen LogP contribution in [0.5, 0.6) is 0 Å². The van der Waals surface area contributed by atoms with E-state index in [1.807, 2.05) is 19.1 Å². The topological polar surface area (TPSA) is 66.5 Å². The molecule has 3 aromatic carbocycles. The van der Waals surface area contributed by atoms with Gasteiger partial charge in [-0.05, 0) is 61.7 Å². The van der Waals surface area contributed by atoms with Crippen molar-refractivity contribution in [2.75, 3.05) is 16.2 Å². The molecule has 0 saturated carbocycles. The lowest BCUT2D eigenvalue weighted by Crippen LogP contribution is -2.35. The Morgan fingerprint density at radius 1 is 0.966 bits per heavy atom. The molecule has 0 aliphatic carbocycles. The van der Waals surface area contributed by atoms with Crippen LogP contribution in [0.2, 0.25) is 0 Å². The number of benzene rings is 3. The summed E-state index contributed by atoms with van der Waals surface area (Å²) in [7, 11) is -3.71. The van der Waals surface area contributed by atoms with E-state index in [2.05, 4.69) is 10.8 Å². The zero-order chi connectivity index (χ0) is 20.4. The first kappa shape index (κ1) is 19.2. The average molecular weight is 407 g/mol. The number of hydrogen-bond donors (Lipinski definition) is 1. The highest BCUT2D eigenvalue weighted by Crippen LogP contribution is 2.29. The van der Waals surface area contributed by atoms with Gasteiger partial charge < -0.3 is 4.90 Å². The van der Waals surface area contributed by atoms with Gasteiger partial charge in [0.05, 0.1) is 4.90 Å². The van der Waals surface area contributed by atoms with Crippen molar-refractivity contribution in [3.8, 4) is 0 Å². The van der Waals surface area contributed by atoms with Crippen LogP contribution in [-0.2, 0) is 16.4 Å². The highest BCUT2D eigenvalue weighted by Gasteiger charge is 2.24. The first-order valence-corrected chi connectivity index (χ1v) is 11.0. The van der Waals surface area contributed by atoms with Gasteiger partial charge in [0.2, 0.25) is 0 Å². The van der Waals surface area contributed by atoms with E-state index in [0.29, 0.717) is 17.8 Å². The second-order valence-electron chi connectivity index (χ2n) is 7.19. The molecule has 1 aliphatic rings. The van der Waals surface area contributed by atoms with E-state index in [4.69, 9.17) is 0 Å². The number of carbonyl (C=O) groups excluding carboxylic acids is 1. The summed E-state index contributed by atoms with van der Waals surface area (Å²) in [6, 6.07) is 20.9. The first-order chi connectivity index (χ1) is 13.9. The molecule has 1 heterocycles. The lowest BCUT2D eigenvalue weighted by Gasteiger charge is -2.30. The standard InChI is InChI=1S/C23H22N2O3S/c1-17-12-13-22-18(15-17)8-6-14-25(22)23(26)19-7-5-9-20(16-19)24-29(27,28)21-10-3-2-4-11-21/h2-5,7,9-13,15-16,24H,6,8,14H2,1H3. The van der Waals surface area contributed by atoms with Crippen molar-refractivity contribution < 1.29 is 13.2 Å². The lowest BCUT2D eigenvalue weighted by atomic mass is 9.99. The van der Waals surface area contributed by atoms with E-state index >= 15 is 0 Å². The van der Waals surface area contributed by atoms with Gasteiger partial charge in [0.1, 0.15) is 0 Å². The summed E-state index contributed by atoms with van der Waals surface area (Å²) in [6.07, 6.45) is 1.86. The van der Waals surface area contributed by atoms with Crippen LogP contribution in [0.1, 0.15) is 27.9 Å². The van der Waals surface area contributed by atoms with Crippen molar-refractivity contribution in [2.24, 2.45) is 0 Å². The minimum absolute atomic E-state index is 0.129. The van der Waals surface area contributed by atoms with Gasteiger partial charge >= 0.3 is 0 Å². The maximum absolute atomic E-state index is 13.2. The largest absolute Gasteiger partial charge is 0.308 e. The third-order valence-electron chi connectivity index (χ3n) is 5.01. The number of nitrogens with zero attached hydrogens (tertiary/aromatic N) is 1. The maximum Gasteiger partial charge on any atom is 0.261 e. The second-order valence-corrected chi connectivity index (χ2v) is 8.87. The Hall–Kier alpha value is -3.12. The number of amides is 1. The quantitative estimate of drug-likeness (QED) is 0.699. The number of rotatable bonds is 4. The van der Waals surface area contributed by atoms with E-state index in [9.17, 15) is 13.2 Å². The molecule has 0 fully saturated rings. The Balaban J connectivity index is 1.61. The van der Waals surface area contributed by atoms with Crippen LogP contribution in [0.3, 0.4) is 0 Å². The van der Waals surface area contributed by atoms with Gasteiger partial charge in [-0.15, -0.1) is 0 Å². The van der Waals surface area contributed by atoms with Gasteiger partial charge in [-0.1, -0.05) is 42.0 Å². The smallest absolute Gasteiger partial charge is 0.261 e. The first-order valence-electron chi connectivity index (χ1n) is 9.53. The van der Waals surface area contributed by atoms with Crippen LogP contribution >= 0.6 is 0 Å². The molecule has 0 saturated heterocycles. The van der Waals surface area contributed by atoms with Crippen molar-refractivity contribution in [1.29, 1.82) is 0 Å². The van der Waals surface area contributed by atoms with E-state index in [-0.39, 0.29) is 10.8 Å². The highest BCUT2D eigenvalue weighted by atomic mass is 32.2. The normalized spacial score (nSPS) is 13.6. The van der Waals surface area contributed by atoms with Crippen LogP contribution in [0.15, 0.2) is 77.7 Å². The summed E-state index contributed by atoms with van der Waals surface area (Å²) in [5, 5.41) is 0. The molecule has 1 aliphatic heterocycles. The van der Waals surface area contributed by atoms with Crippen LogP contribution < -0.4 is 9.62 Å². The van der Waals surface area contributed by atoms with Crippen molar-refractivity contribution in [3.63, 3.8) is 0 Å². The zero-order valence-corrected chi connectivity index (χ0v) is 16.9. The molecule has 3 aromatic rings. The summed E-state index contributed by atoms with van der Waals surface area (Å²) in [5.41, 5.74) is 4.09. The summed E-state index contributed by atoms with van der Waals surface area (Å²) in [6.45, 7) is 2.69. The monoisotopic (exact) mass is 406 g/mol. The molecular weight excluding hydrogens is 384 g/mol. The van der Waals surface area contributed by atoms with Gasteiger partial charge in [0, 0.05) is 23.5 Å². The molecule has 1 N–H and O–H groups in total. The number of aryl methyl sites for hydroxylation is 2. The zero-order valence-electron chi connectivity index (χ0n) is 16.1. The SMILES string of the molecule is Cc1ccc2c(c1)CCCN2C(=O)c1cccc(NS(=O)(=O)c2ccccc2)c1. The van der Waals surface area contributed by atoms with E-state index < -0.39 is 10.0 Å². The molecule has 6 heteroatoms. The molecule has 29 heavy (non-hydrogen) atoms. The average Bonchev–Trinajstić information content (AvgIpc) is 2.73. The molecule has 0 atom stereocenters. The molecule has 0 radical (unpaired) electrons. The summed E-state index contributed by atoms with van der Waals surface area (Å²) in [4.78, 5) is 15.1. The molecular formula is C23H22N2O3S. The van der Waals surface area contributed by atoms with Gasteiger partial charge in [0.15, 0.2) is 0 Å². The number of hydrogen-bond acceptors (Lipinski definition) is 3. The van der Waals surface area contributed by atoms with Crippen molar-refractivity contribution in [3.05, 3.63) is 89.5 Å². The van der Waals surface area contributed by atoms with E-state index in [1.165, 1.54) is 23.3 Å². The van der Waals surface area contributed by atoms with Crippen molar-refractivity contribution in [2.45, 2.75) is 24.7 Å². The van der Waals surface area contributed by atoms with Crippen LogP contribution in [0, 0.1) is 6.92 Å². The predicted octanol–water partition coefficient (Wildman–Crippen LogP) is 4.39. The second kappa shape index (κ2) is 7.72. The van der Waals surface area contributed by atoms with Gasteiger partial charge in [-0.3, -0.25) is 9.52 Å². The predicted molar refractivity (Wildman–Crippen MR) is 115 cm³/mol. The Morgan fingerprint density at radius 2 is 1.76 bits per heavy atom. The van der Waals surface area contributed by atoms with Crippen LogP contribution in [0.4, 0.5) is 11.4 Å². The fourth-order valence-corrected chi connectivity index (χ4v) is 4.69. The molecule has 0 unspecified atom stereocenters. The van der Waals surface area contributed by atoms with Crippen molar-refractivity contribution in [1.82, 2.24) is 0 Å². The van der Waals surface area contributed by atoms with Gasteiger partial charge in [-0.25, -0.2) is 8.42 Å². The number of anilines is 2. The van der Waals surface area contributed by atoms with E-state index in [0.717, 1.165) is 18.5 Å². The highest BCUT2D eigenvalue weighted by molar-refractivity contribution is 7.92. The molecule has 148 valence electrons. The molecule has 0 aromatic heterocycles. The Morgan fingerprint density at radius 3 is 2.55 bits per heavy atom. The summed E-state index contributed by atoms with van der Waals surface area (Å²) < 4.78 is 27.7. The van der Waals surface area contributed by atoms with Gasteiger partial charge in [-0.2, -0.15) is 0 Å². The summed E-state index contributed by atoms with van der Waals surface area (Å²) >= 11 is 0. The Kier molecular flexibility index (Phi) is 5.11. The molecule has 0 bridgehead atoms. The van der Waals surface area contributed by atoms with Gasteiger partial charge in [0.25, 0.3) is 15.9 Å². The molecule has 0 spiro atoms. The minimum Gasteiger partial charge on any atom is -0.308 e. The number of carbonyl (C=O) groups is 1. The fourth-order valence-electron chi connectivity index (χ4n) is 3.62. The third-order valence-corrected chi connectivity index (χ3v) is 6.41. The fraction of sp³-hybridized carbons (Fsp3) is 0.174. The number of sulfonamides is 1. The van der Waals surface area contributed by atoms with Crippen LogP contribution in [-0.4, -0.2) is 20.9 Å². The van der Waals surface area contributed by atoms with Crippen LogP contribution in [0.25, 0.3) is 0 Å². The Bertz CT molecular complexity index is 1160. The molecule has 1 amide bonds. The van der Waals surface area contributed by atoms with E-state index in [1.54, 1.807) is 47.4 Å². The Labute approximate surface area is 171 Å². The van der Waals surface area contributed by atoms with Crippen molar-refractivity contribution >= 4 is 27.3 Å². The minimum atomic E-state index is -3.71. The number of nitrogens with one attached hydrogen (secondary N) is 1. The molecule has 4 rings (SSSR count). The molecule has 5 nitrogen and oxygen atoms in total. The summed E-state index contributed by atoms with van der Waals surface area (Å²) in [5.74, 6) is -0.129. The number of fused-ring (bicyclic) bond motifs is 1. The lowest BCUT2D eigenvalue weighted by molar-refractivity contribution is 0.0985. The third kappa shape index (κ3) is 4.03. The maximum atomic E-state index is 13.2.